The predicted molar refractivity (Wildman–Crippen MR) is 76.6 cm³/mol. The SMILES string of the molecule is COc1cccc(N2CC(C)CNC(C)(C)C2=O)c1. The van der Waals surface area contributed by atoms with Crippen LogP contribution in [0.3, 0.4) is 0 Å². The van der Waals surface area contributed by atoms with Gasteiger partial charge in [-0.25, -0.2) is 0 Å². The van der Waals surface area contributed by atoms with Crippen molar-refractivity contribution >= 4 is 11.6 Å². The van der Waals surface area contributed by atoms with Crippen LogP contribution >= 0.6 is 0 Å². The van der Waals surface area contributed by atoms with Crippen LogP contribution in [0.4, 0.5) is 5.69 Å². The lowest BCUT2D eigenvalue weighted by atomic mass is 10.0. The quantitative estimate of drug-likeness (QED) is 0.887. The molecule has 19 heavy (non-hydrogen) atoms. The van der Waals surface area contributed by atoms with Gasteiger partial charge in [0.05, 0.1) is 12.6 Å². The lowest BCUT2D eigenvalue weighted by Gasteiger charge is -2.29. The summed E-state index contributed by atoms with van der Waals surface area (Å²) in [7, 11) is 1.64. The molecule has 0 aromatic heterocycles. The van der Waals surface area contributed by atoms with E-state index in [4.69, 9.17) is 4.74 Å². The number of nitrogens with zero attached hydrogens (tertiary/aromatic N) is 1. The summed E-state index contributed by atoms with van der Waals surface area (Å²) in [5.41, 5.74) is 0.362. The number of carbonyl (C=O) groups excluding carboxylic acids is 1. The van der Waals surface area contributed by atoms with Crippen LogP contribution < -0.4 is 15.0 Å². The van der Waals surface area contributed by atoms with Gasteiger partial charge in [0.25, 0.3) is 0 Å². The van der Waals surface area contributed by atoms with Crippen LogP contribution in [0.5, 0.6) is 5.75 Å². The Balaban J connectivity index is 2.36. The van der Waals surface area contributed by atoms with E-state index in [2.05, 4.69) is 12.2 Å². The van der Waals surface area contributed by atoms with Crippen molar-refractivity contribution in [2.75, 3.05) is 25.1 Å². The second-order valence-electron chi connectivity index (χ2n) is 5.73. The van der Waals surface area contributed by atoms with Crippen LogP contribution in [0.2, 0.25) is 0 Å². The third-order valence-corrected chi connectivity index (χ3v) is 3.53. The molecule has 1 aromatic rings. The fourth-order valence-corrected chi connectivity index (χ4v) is 2.30. The first-order chi connectivity index (χ1) is 8.94. The largest absolute Gasteiger partial charge is 0.497 e. The van der Waals surface area contributed by atoms with Crippen molar-refractivity contribution < 1.29 is 9.53 Å². The zero-order valence-corrected chi connectivity index (χ0v) is 12.1. The standard InChI is InChI=1S/C15H22N2O2/c1-11-9-16-15(2,3)14(18)17(10-11)12-6-5-7-13(8-12)19-4/h5-8,11,16H,9-10H2,1-4H3. The molecule has 4 heteroatoms. The van der Waals surface area contributed by atoms with E-state index in [0.29, 0.717) is 5.92 Å². The first-order valence-electron chi connectivity index (χ1n) is 6.65. The Morgan fingerprint density at radius 1 is 1.42 bits per heavy atom. The number of rotatable bonds is 2. The molecule has 1 saturated heterocycles. The Labute approximate surface area is 114 Å². The van der Waals surface area contributed by atoms with Gasteiger partial charge in [-0.3, -0.25) is 4.79 Å². The Hall–Kier alpha value is -1.55. The number of amides is 1. The number of hydrogen-bond acceptors (Lipinski definition) is 3. The van der Waals surface area contributed by atoms with Crippen molar-refractivity contribution in [2.45, 2.75) is 26.3 Å². The number of ether oxygens (including phenoxy) is 1. The molecule has 0 radical (unpaired) electrons. The van der Waals surface area contributed by atoms with Crippen molar-refractivity contribution in [1.29, 1.82) is 0 Å². The molecule has 1 N–H and O–H groups in total. The molecule has 2 rings (SSSR count). The van der Waals surface area contributed by atoms with Crippen molar-refractivity contribution in [1.82, 2.24) is 5.32 Å². The fourth-order valence-electron chi connectivity index (χ4n) is 2.30. The van der Waals surface area contributed by atoms with Crippen molar-refractivity contribution in [2.24, 2.45) is 5.92 Å². The smallest absolute Gasteiger partial charge is 0.246 e. The molecule has 1 aromatic carbocycles. The number of benzene rings is 1. The molecular weight excluding hydrogens is 240 g/mol. The van der Waals surface area contributed by atoms with Crippen LogP contribution in [0, 0.1) is 5.92 Å². The molecule has 104 valence electrons. The molecule has 1 fully saturated rings. The summed E-state index contributed by atoms with van der Waals surface area (Å²) in [4.78, 5) is 14.5. The maximum Gasteiger partial charge on any atom is 0.246 e. The minimum absolute atomic E-state index is 0.102. The van der Waals surface area contributed by atoms with E-state index in [-0.39, 0.29) is 5.91 Å². The van der Waals surface area contributed by atoms with E-state index in [0.717, 1.165) is 24.5 Å². The highest BCUT2D eigenvalue weighted by molar-refractivity contribution is 6.00. The summed E-state index contributed by atoms with van der Waals surface area (Å²) < 4.78 is 5.24. The highest BCUT2D eigenvalue weighted by Crippen LogP contribution is 2.26. The average Bonchev–Trinajstić information content (AvgIpc) is 2.50. The normalized spacial score (nSPS) is 23.1. The van der Waals surface area contributed by atoms with E-state index < -0.39 is 5.54 Å². The second-order valence-corrected chi connectivity index (χ2v) is 5.73. The number of hydrogen-bond donors (Lipinski definition) is 1. The number of carbonyl (C=O) groups is 1. The average molecular weight is 262 g/mol. The number of nitrogens with one attached hydrogen (secondary N) is 1. The van der Waals surface area contributed by atoms with Gasteiger partial charge < -0.3 is 15.0 Å². The van der Waals surface area contributed by atoms with Crippen LogP contribution in [-0.4, -0.2) is 31.6 Å². The molecule has 1 unspecified atom stereocenters. The van der Waals surface area contributed by atoms with Gasteiger partial charge >= 0.3 is 0 Å². The van der Waals surface area contributed by atoms with Gasteiger partial charge in [0.2, 0.25) is 5.91 Å². The van der Waals surface area contributed by atoms with Gasteiger partial charge in [-0.2, -0.15) is 0 Å². The van der Waals surface area contributed by atoms with Gasteiger partial charge in [-0.1, -0.05) is 13.0 Å². The highest BCUT2D eigenvalue weighted by atomic mass is 16.5. The van der Waals surface area contributed by atoms with E-state index in [1.54, 1.807) is 7.11 Å². The van der Waals surface area contributed by atoms with Crippen molar-refractivity contribution in [3.05, 3.63) is 24.3 Å². The minimum atomic E-state index is -0.534. The first kappa shape index (κ1) is 13.9. The van der Waals surface area contributed by atoms with Gasteiger partial charge in [0.15, 0.2) is 0 Å². The molecule has 1 heterocycles. The maximum atomic E-state index is 12.6. The molecule has 0 saturated carbocycles. The third kappa shape index (κ3) is 2.89. The zero-order chi connectivity index (χ0) is 14.0. The Kier molecular flexibility index (Phi) is 3.80. The second kappa shape index (κ2) is 5.21. The number of methoxy groups -OCH3 is 1. The maximum absolute atomic E-state index is 12.6. The van der Waals surface area contributed by atoms with Crippen LogP contribution in [-0.2, 0) is 4.79 Å². The van der Waals surface area contributed by atoms with Gasteiger partial charge in [0.1, 0.15) is 5.75 Å². The molecule has 0 aliphatic carbocycles. The summed E-state index contributed by atoms with van der Waals surface area (Å²) in [5.74, 6) is 1.29. The summed E-state index contributed by atoms with van der Waals surface area (Å²) in [6, 6.07) is 7.66. The zero-order valence-electron chi connectivity index (χ0n) is 12.1. The van der Waals surface area contributed by atoms with E-state index in [1.165, 1.54) is 0 Å². The molecule has 1 aliphatic rings. The minimum Gasteiger partial charge on any atom is -0.497 e. The van der Waals surface area contributed by atoms with Gasteiger partial charge in [-0.05, 0) is 31.9 Å². The molecule has 1 aliphatic heterocycles. The highest BCUT2D eigenvalue weighted by Gasteiger charge is 2.36. The fraction of sp³-hybridized carbons (Fsp3) is 0.533. The Morgan fingerprint density at radius 3 is 2.84 bits per heavy atom. The van der Waals surface area contributed by atoms with Crippen LogP contribution in [0.1, 0.15) is 20.8 Å². The first-order valence-corrected chi connectivity index (χ1v) is 6.65. The van der Waals surface area contributed by atoms with Crippen LogP contribution in [0.25, 0.3) is 0 Å². The van der Waals surface area contributed by atoms with Gasteiger partial charge in [0, 0.05) is 24.8 Å². The molecule has 0 spiro atoms. The molecule has 4 nitrogen and oxygen atoms in total. The summed E-state index contributed by atoms with van der Waals surface area (Å²) in [6.45, 7) is 7.58. The van der Waals surface area contributed by atoms with E-state index in [9.17, 15) is 4.79 Å². The lowest BCUT2D eigenvalue weighted by Crippen LogP contribution is -2.51. The van der Waals surface area contributed by atoms with Crippen molar-refractivity contribution in [3.8, 4) is 5.75 Å². The molecule has 1 amide bonds. The summed E-state index contributed by atoms with van der Waals surface area (Å²) in [5, 5.41) is 3.33. The van der Waals surface area contributed by atoms with Crippen LogP contribution in [0.15, 0.2) is 24.3 Å². The molecular formula is C15H22N2O2. The lowest BCUT2D eigenvalue weighted by molar-refractivity contribution is -0.123. The third-order valence-electron chi connectivity index (χ3n) is 3.53. The van der Waals surface area contributed by atoms with Crippen molar-refractivity contribution in [3.63, 3.8) is 0 Å². The topological polar surface area (TPSA) is 41.6 Å². The number of anilines is 1. The summed E-state index contributed by atoms with van der Waals surface area (Å²) in [6.07, 6.45) is 0. The summed E-state index contributed by atoms with van der Waals surface area (Å²) >= 11 is 0. The predicted octanol–water partition coefficient (Wildman–Crippen LogP) is 2.05. The van der Waals surface area contributed by atoms with E-state index >= 15 is 0 Å². The Bertz CT molecular complexity index is 471. The van der Waals surface area contributed by atoms with Gasteiger partial charge in [-0.15, -0.1) is 0 Å². The monoisotopic (exact) mass is 262 g/mol. The van der Waals surface area contributed by atoms with E-state index in [1.807, 2.05) is 43.0 Å². The Morgan fingerprint density at radius 2 is 2.16 bits per heavy atom. The molecule has 0 bridgehead atoms. The molecule has 1 atom stereocenters.